The number of anilines is 1. The maximum absolute atomic E-state index is 5.73. The second-order valence-corrected chi connectivity index (χ2v) is 4.39. The van der Waals surface area contributed by atoms with E-state index in [4.69, 9.17) is 10.5 Å². The molecule has 19 heavy (non-hydrogen) atoms. The Hall–Kier alpha value is -2.49. The van der Waals surface area contributed by atoms with Crippen molar-refractivity contribution < 1.29 is 4.74 Å². The van der Waals surface area contributed by atoms with Gasteiger partial charge in [-0.15, -0.1) is 0 Å². The number of nitrogens with zero attached hydrogens (tertiary/aromatic N) is 2. The highest BCUT2D eigenvalue weighted by Gasteiger charge is 1.98. The molecular weight excluding hydrogens is 238 g/mol. The first kappa shape index (κ1) is 11.6. The molecule has 0 saturated heterocycles. The van der Waals surface area contributed by atoms with Crippen LogP contribution < -0.4 is 10.5 Å². The average Bonchev–Trinajstić information content (AvgIpc) is 2.84. The Bertz CT molecular complexity index is 690. The lowest BCUT2D eigenvalue weighted by atomic mass is 10.1. The fourth-order valence-corrected chi connectivity index (χ4v) is 2.02. The number of nitrogens with two attached hydrogens (primary N) is 1. The first-order valence-electron chi connectivity index (χ1n) is 6.21. The Kier molecular flexibility index (Phi) is 3.06. The Balaban J connectivity index is 1.65. The third-order valence-corrected chi connectivity index (χ3v) is 2.96. The van der Waals surface area contributed by atoms with Crippen molar-refractivity contribution in [3.63, 3.8) is 0 Å². The van der Waals surface area contributed by atoms with E-state index in [0.29, 0.717) is 18.8 Å². The summed E-state index contributed by atoms with van der Waals surface area (Å²) in [5.74, 6) is 0.874. The van der Waals surface area contributed by atoms with Crippen LogP contribution in [0.2, 0.25) is 0 Å². The molecule has 96 valence electrons. The number of fused-ring (bicyclic) bond motifs is 1. The highest BCUT2D eigenvalue weighted by atomic mass is 16.5. The van der Waals surface area contributed by atoms with Crippen molar-refractivity contribution >= 4 is 16.5 Å². The molecular formula is C15H15N3O. The quantitative estimate of drug-likeness (QED) is 0.777. The Morgan fingerprint density at radius 2 is 1.95 bits per heavy atom. The SMILES string of the molecule is Nc1cnn(CCOc2ccc3ccccc3c2)c1. The first-order chi connectivity index (χ1) is 9.31. The predicted octanol–water partition coefficient (Wildman–Crippen LogP) is 2.70. The summed E-state index contributed by atoms with van der Waals surface area (Å²) in [7, 11) is 0. The average molecular weight is 253 g/mol. The molecule has 2 N–H and O–H groups in total. The second-order valence-electron chi connectivity index (χ2n) is 4.39. The Morgan fingerprint density at radius 3 is 2.74 bits per heavy atom. The molecule has 0 amide bonds. The molecule has 0 saturated carbocycles. The minimum atomic E-state index is 0.569. The fourth-order valence-electron chi connectivity index (χ4n) is 2.02. The van der Waals surface area contributed by atoms with Crippen molar-refractivity contribution in [2.24, 2.45) is 0 Å². The minimum Gasteiger partial charge on any atom is -0.492 e. The maximum Gasteiger partial charge on any atom is 0.120 e. The van der Waals surface area contributed by atoms with Gasteiger partial charge >= 0.3 is 0 Å². The zero-order valence-corrected chi connectivity index (χ0v) is 10.5. The third-order valence-electron chi connectivity index (χ3n) is 2.96. The fraction of sp³-hybridized carbons (Fsp3) is 0.133. The molecule has 3 rings (SSSR count). The van der Waals surface area contributed by atoms with Gasteiger partial charge in [-0.3, -0.25) is 4.68 Å². The van der Waals surface area contributed by atoms with Gasteiger partial charge in [0.2, 0.25) is 0 Å². The topological polar surface area (TPSA) is 53.1 Å². The summed E-state index contributed by atoms with van der Waals surface area (Å²) < 4.78 is 7.50. The zero-order chi connectivity index (χ0) is 13.1. The lowest BCUT2D eigenvalue weighted by molar-refractivity contribution is 0.291. The van der Waals surface area contributed by atoms with Crippen LogP contribution in [0.5, 0.6) is 5.75 Å². The van der Waals surface area contributed by atoms with E-state index < -0.39 is 0 Å². The highest BCUT2D eigenvalue weighted by molar-refractivity contribution is 5.83. The van der Waals surface area contributed by atoms with Crippen LogP contribution in [0, 0.1) is 0 Å². The van der Waals surface area contributed by atoms with E-state index in [1.54, 1.807) is 17.1 Å². The third kappa shape index (κ3) is 2.68. The largest absolute Gasteiger partial charge is 0.492 e. The van der Waals surface area contributed by atoms with E-state index in [2.05, 4.69) is 23.3 Å². The summed E-state index contributed by atoms with van der Waals surface area (Å²) in [6.45, 7) is 1.25. The van der Waals surface area contributed by atoms with E-state index >= 15 is 0 Å². The molecule has 4 heteroatoms. The number of rotatable bonds is 4. The van der Waals surface area contributed by atoms with Crippen molar-refractivity contribution in [3.05, 3.63) is 54.9 Å². The first-order valence-corrected chi connectivity index (χ1v) is 6.21. The summed E-state index contributed by atoms with van der Waals surface area (Å²) in [6, 6.07) is 14.3. The van der Waals surface area contributed by atoms with E-state index in [1.165, 1.54) is 10.8 Å². The minimum absolute atomic E-state index is 0.569. The summed E-state index contributed by atoms with van der Waals surface area (Å²) in [5, 5.41) is 6.51. The van der Waals surface area contributed by atoms with Gasteiger partial charge < -0.3 is 10.5 Å². The van der Waals surface area contributed by atoms with Crippen LogP contribution in [0.15, 0.2) is 54.9 Å². The van der Waals surface area contributed by atoms with Crippen LogP contribution >= 0.6 is 0 Å². The van der Waals surface area contributed by atoms with Gasteiger partial charge in [-0.05, 0) is 22.9 Å². The molecule has 0 unspecified atom stereocenters. The molecule has 0 bridgehead atoms. The van der Waals surface area contributed by atoms with Gasteiger partial charge in [0.15, 0.2) is 0 Å². The summed E-state index contributed by atoms with van der Waals surface area (Å²) >= 11 is 0. The number of benzene rings is 2. The molecule has 1 heterocycles. The van der Waals surface area contributed by atoms with Gasteiger partial charge in [-0.25, -0.2) is 0 Å². The smallest absolute Gasteiger partial charge is 0.120 e. The molecule has 0 aliphatic heterocycles. The van der Waals surface area contributed by atoms with E-state index in [9.17, 15) is 0 Å². The van der Waals surface area contributed by atoms with Crippen LogP contribution in [0.3, 0.4) is 0 Å². The van der Waals surface area contributed by atoms with Crippen molar-refractivity contribution in [1.82, 2.24) is 9.78 Å². The van der Waals surface area contributed by atoms with Crippen molar-refractivity contribution in [1.29, 1.82) is 0 Å². The van der Waals surface area contributed by atoms with Crippen LogP contribution in [0.4, 0.5) is 5.69 Å². The normalized spacial score (nSPS) is 10.7. The molecule has 0 fully saturated rings. The van der Waals surface area contributed by atoms with Crippen LogP contribution in [-0.4, -0.2) is 16.4 Å². The van der Waals surface area contributed by atoms with Gasteiger partial charge in [0.05, 0.1) is 18.4 Å². The molecule has 1 aromatic heterocycles. The van der Waals surface area contributed by atoms with Gasteiger partial charge in [0, 0.05) is 6.20 Å². The van der Waals surface area contributed by atoms with Crippen LogP contribution in [-0.2, 0) is 6.54 Å². The van der Waals surface area contributed by atoms with E-state index in [-0.39, 0.29) is 0 Å². The summed E-state index contributed by atoms with van der Waals surface area (Å²) in [6.07, 6.45) is 3.43. The number of aromatic nitrogens is 2. The van der Waals surface area contributed by atoms with Gasteiger partial charge in [0.1, 0.15) is 12.4 Å². The second kappa shape index (κ2) is 5.02. The molecule has 0 spiro atoms. The number of hydrogen-bond acceptors (Lipinski definition) is 3. The van der Waals surface area contributed by atoms with Crippen molar-refractivity contribution in [2.45, 2.75) is 6.54 Å². The number of ether oxygens (including phenoxy) is 1. The predicted molar refractivity (Wildman–Crippen MR) is 76.1 cm³/mol. The molecule has 2 aromatic carbocycles. The number of nitrogen functional groups attached to an aromatic ring is 1. The van der Waals surface area contributed by atoms with E-state index in [1.807, 2.05) is 24.3 Å². The molecule has 0 aliphatic rings. The summed E-state index contributed by atoms with van der Waals surface area (Å²) in [5.41, 5.74) is 6.27. The molecule has 4 nitrogen and oxygen atoms in total. The Labute approximate surface area is 111 Å². The van der Waals surface area contributed by atoms with Gasteiger partial charge in [-0.1, -0.05) is 30.3 Å². The molecule has 0 radical (unpaired) electrons. The molecule has 3 aromatic rings. The summed E-state index contributed by atoms with van der Waals surface area (Å²) in [4.78, 5) is 0. The van der Waals surface area contributed by atoms with Crippen LogP contribution in [0.1, 0.15) is 0 Å². The molecule has 0 atom stereocenters. The lowest BCUT2D eigenvalue weighted by Crippen LogP contribution is -2.08. The highest BCUT2D eigenvalue weighted by Crippen LogP contribution is 2.20. The van der Waals surface area contributed by atoms with Crippen molar-refractivity contribution in [3.8, 4) is 5.75 Å². The standard InChI is InChI=1S/C15H15N3O/c16-14-10-17-18(11-14)7-8-19-15-6-5-12-3-1-2-4-13(12)9-15/h1-6,9-11H,7-8,16H2. The number of hydrogen-bond donors (Lipinski definition) is 1. The van der Waals surface area contributed by atoms with Gasteiger partial charge in [-0.2, -0.15) is 5.10 Å². The maximum atomic E-state index is 5.73. The lowest BCUT2D eigenvalue weighted by Gasteiger charge is -2.07. The Morgan fingerprint density at radius 1 is 1.11 bits per heavy atom. The van der Waals surface area contributed by atoms with E-state index in [0.717, 1.165) is 5.75 Å². The molecule has 0 aliphatic carbocycles. The zero-order valence-electron chi connectivity index (χ0n) is 10.5. The van der Waals surface area contributed by atoms with Crippen molar-refractivity contribution in [2.75, 3.05) is 12.3 Å². The van der Waals surface area contributed by atoms with Crippen LogP contribution in [0.25, 0.3) is 10.8 Å². The monoisotopic (exact) mass is 253 g/mol. The van der Waals surface area contributed by atoms with Gasteiger partial charge in [0.25, 0.3) is 0 Å².